The molecule has 136 valence electrons. The summed E-state index contributed by atoms with van der Waals surface area (Å²) in [5.41, 5.74) is 0.653. The van der Waals surface area contributed by atoms with E-state index in [1.165, 1.54) is 28.8 Å². The topological polar surface area (TPSA) is 49.9 Å². The average Bonchev–Trinajstić information content (AvgIpc) is 2.65. The molecule has 0 bridgehead atoms. The molecule has 7 heteroatoms. The van der Waals surface area contributed by atoms with Crippen molar-refractivity contribution in [1.82, 2.24) is 4.90 Å². The first kappa shape index (κ1) is 18.3. The van der Waals surface area contributed by atoms with Crippen LogP contribution in [0, 0.1) is 5.82 Å². The molecule has 0 fully saturated rings. The SMILES string of the molecule is CN(C)C(=O)C1CN(C(=O)CSc2ccc(F)cc2)c2ccccc2O1. The molecule has 0 aliphatic carbocycles. The van der Waals surface area contributed by atoms with E-state index in [-0.39, 0.29) is 29.9 Å². The second-order valence-electron chi connectivity index (χ2n) is 6.05. The number of carbonyl (C=O) groups excluding carboxylic acids is 2. The van der Waals surface area contributed by atoms with Crippen molar-refractivity contribution >= 4 is 29.3 Å². The Morgan fingerprint density at radius 2 is 1.88 bits per heavy atom. The standard InChI is InChI=1S/C19H19FN2O3S/c1-21(2)19(24)17-11-22(15-5-3-4-6-16(15)25-17)18(23)12-26-14-9-7-13(20)8-10-14/h3-10,17H,11-12H2,1-2H3. The van der Waals surface area contributed by atoms with E-state index in [2.05, 4.69) is 0 Å². The van der Waals surface area contributed by atoms with Crippen LogP contribution in [0.25, 0.3) is 0 Å². The number of carbonyl (C=O) groups is 2. The number of fused-ring (bicyclic) bond motifs is 1. The maximum absolute atomic E-state index is 13.0. The fraction of sp³-hybridized carbons (Fsp3) is 0.263. The van der Waals surface area contributed by atoms with E-state index < -0.39 is 6.10 Å². The van der Waals surface area contributed by atoms with Crippen LogP contribution < -0.4 is 9.64 Å². The Kier molecular flexibility index (Phi) is 5.46. The molecule has 0 aromatic heterocycles. The largest absolute Gasteiger partial charge is 0.476 e. The molecule has 1 aliphatic heterocycles. The zero-order chi connectivity index (χ0) is 18.7. The minimum atomic E-state index is -0.736. The number of thioether (sulfide) groups is 1. The van der Waals surface area contributed by atoms with Gasteiger partial charge in [-0.25, -0.2) is 4.39 Å². The van der Waals surface area contributed by atoms with E-state index in [1.54, 1.807) is 49.3 Å². The summed E-state index contributed by atoms with van der Waals surface area (Å²) >= 11 is 1.33. The van der Waals surface area contributed by atoms with Crippen LogP contribution in [-0.2, 0) is 9.59 Å². The Balaban J connectivity index is 1.76. The minimum absolute atomic E-state index is 0.133. The number of anilines is 1. The number of likely N-dealkylation sites (N-methyl/N-ethyl adjacent to an activating group) is 1. The molecule has 1 unspecified atom stereocenters. The van der Waals surface area contributed by atoms with Crippen LogP contribution >= 0.6 is 11.8 Å². The summed E-state index contributed by atoms with van der Waals surface area (Å²) in [7, 11) is 3.31. The van der Waals surface area contributed by atoms with Crippen LogP contribution in [-0.4, -0.2) is 49.2 Å². The lowest BCUT2D eigenvalue weighted by atomic mass is 10.1. The number of ether oxygens (including phenoxy) is 1. The number of hydrogen-bond acceptors (Lipinski definition) is 4. The van der Waals surface area contributed by atoms with Crippen molar-refractivity contribution in [3.05, 3.63) is 54.3 Å². The van der Waals surface area contributed by atoms with Crippen LogP contribution in [0.5, 0.6) is 5.75 Å². The van der Waals surface area contributed by atoms with Gasteiger partial charge in [0.25, 0.3) is 5.91 Å². The molecular weight excluding hydrogens is 355 g/mol. The van der Waals surface area contributed by atoms with Gasteiger partial charge in [0.15, 0.2) is 6.10 Å². The molecule has 5 nitrogen and oxygen atoms in total. The molecule has 2 aromatic carbocycles. The number of hydrogen-bond donors (Lipinski definition) is 0. The average molecular weight is 374 g/mol. The van der Waals surface area contributed by atoms with Crippen molar-refractivity contribution in [3.63, 3.8) is 0 Å². The highest BCUT2D eigenvalue weighted by molar-refractivity contribution is 8.00. The first-order valence-corrected chi connectivity index (χ1v) is 9.10. The Morgan fingerprint density at radius 3 is 2.58 bits per heavy atom. The van der Waals surface area contributed by atoms with Crippen molar-refractivity contribution in [2.75, 3.05) is 31.3 Å². The molecule has 0 spiro atoms. The van der Waals surface area contributed by atoms with E-state index in [1.807, 2.05) is 6.07 Å². The number of halogens is 1. The Labute approximate surface area is 155 Å². The molecule has 3 rings (SSSR count). The number of amides is 2. The molecule has 2 amide bonds. The van der Waals surface area contributed by atoms with E-state index >= 15 is 0 Å². The Hall–Kier alpha value is -2.54. The molecular formula is C19H19FN2O3S. The van der Waals surface area contributed by atoms with E-state index in [0.29, 0.717) is 11.4 Å². The quantitative estimate of drug-likeness (QED) is 0.773. The van der Waals surface area contributed by atoms with Gasteiger partial charge < -0.3 is 14.5 Å². The normalized spacial score (nSPS) is 15.8. The van der Waals surface area contributed by atoms with Gasteiger partial charge in [-0.1, -0.05) is 12.1 Å². The first-order chi connectivity index (χ1) is 12.5. The van der Waals surface area contributed by atoms with Gasteiger partial charge in [0.2, 0.25) is 5.91 Å². The molecule has 0 saturated heterocycles. The summed E-state index contributed by atoms with van der Waals surface area (Å²) in [4.78, 5) is 28.9. The summed E-state index contributed by atoms with van der Waals surface area (Å²) in [6.07, 6.45) is -0.736. The zero-order valence-electron chi connectivity index (χ0n) is 14.5. The van der Waals surface area contributed by atoms with Crippen LogP contribution in [0.4, 0.5) is 10.1 Å². The molecule has 1 atom stereocenters. The summed E-state index contributed by atoms with van der Waals surface area (Å²) in [5.74, 6) is 0.0603. The molecule has 1 aliphatic rings. The summed E-state index contributed by atoms with van der Waals surface area (Å²) < 4.78 is 18.8. The maximum Gasteiger partial charge on any atom is 0.265 e. The second-order valence-corrected chi connectivity index (χ2v) is 7.10. The van der Waals surface area contributed by atoms with Gasteiger partial charge in [0, 0.05) is 19.0 Å². The van der Waals surface area contributed by atoms with E-state index in [0.717, 1.165) is 4.90 Å². The number of nitrogens with zero attached hydrogens (tertiary/aromatic N) is 2. The van der Waals surface area contributed by atoms with Gasteiger partial charge in [-0.05, 0) is 36.4 Å². The van der Waals surface area contributed by atoms with Gasteiger partial charge in [-0.15, -0.1) is 11.8 Å². The minimum Gasteiger partial charge on any atom is -0.476 e. The maximum atomic E-state index is 13.0. The highest BCUT2D eigenvalue weighted by Crippen LogP contribution is 2.34. The molecule has 1 heterocycles. The van der Waals surface area contributed by atoms with Crippen molar-refractivity contribution < 1.29 is 18.7 Å². The highest BCUT2D eigenvalue weighted by atomic mass is 32.2. The molecule has 0 N–H and O–H groups in total. The molecule has 2 aromatic rings. The van der Waals surface area contributed by atoms with Crippen LogP contribution in [0.15, 0.2) is 53.4 Å². The highest BCUT2D eigenvalue weighted by Gasteiger charge is 2.34. The zero-order valence-corrected chi connectivity index (χ0v) is 15.3. The van der Waals surface area contributed by atoms with Crippen molar-refractivity contribution in [2.24, 2.45) is 0 Å². The predicted molar refractivity (Wildman–Crippen MR) is 99.0 cm³/mol. The lowest BCUT2D eigenvalue weighted by Crippen LogP contribution is -2.50. The number of rotatable bonds is 4. The first-order valence-electron chi connectivity index (χ1n) is 8.11. The van der Waals surface area contributed by atoms with Gasteiger partial charge in [0.1, 0.15) is 11.6 Å². The van der Waals surface area contributed by atoms with Crippen molar-refractivity contribution in [2.45, 2.75) is 11.0 Å². The predicted octanol–water partition coefficient (Wildman–Crippen LogP) is 2.80. The van der Waals surface area contributed by atoms with Crippen molar-refractivity contribution in [1.29, 1.82) is 0 Å². The van der Waals surface area contributed by atoms with Crippen LogP contribution in [0.1, 0.15) is 0 Å². The van der Waals surface area contributed by atoms with Gasteiger partial charge >= 0.3 is 0 Å². The number of benzene rings is 2. The van der Waals surface area contributed by atoms with Gasteiger partial charge in [-0.2, -0.15) is 0 Å². The third-order valence-electron chi connectivity index (χ3n) is 3.97. The fourth-order valence-corrected chi connectivity index (χ4v) is 3.42. The third kappa shape index (κ3) is 3.99. The van der Waals surface area contributed by atoms with Crippen LogP contribution in [0.3, 0.4) is 0 Å². The Morgan fingerprint density at radius 1 is 1.19 bits per heavy atom. The second kappa shape index (κ2) is 7.78. The summed E-state index contributed by atoms with van der Waals surface area (Å²) in [6.45, 7) is 0.164. The molecule has 0 radical (unpaired) electrons. The summed E-state index contributed by atoms with van der Waals surface area (Å²) in [6, 6.07) is 13.2. The number of para-hydroxylation sites is 2. The molecule has 0 saturated carbocycles. The van der Waals surface area contributed by atoms with Crippen molar-refractivity contribution in [3.8, 4) is 5.75 Å². The fourth-order valence-electron chi connectivity index (χ4n) is 2.64. The van der Waals surface area contributed by atoms with Crippen LogP contribution in [0.2, 0.25) is 0 Å². The lowest BCUT2D eigenvalue weighted by molar-refractivity contribution is -0.136. The van der Waals surface area contributed by atoms with E-state index in [4.69, 9.17) is 4.74 Å². The van der Waals surface area contributed by atoms with E-state index in [9.17, 15) is 14.0 Å². The third-order valence-corrected chi connectivity index (χ3v) is 4.96. The monoisotopic (exact) mass is 374 g/mol. The lowest BCUT2D eigenvalue weighted by Gasteiger charge is -2.35. The summed E-state index contributed by atoms with van der Waals surface area (Å²) in [5, 5.41) is 0. The molecule has 26 heavy (non-hydrogen) atoms. The van der Waals surface area contributed by atoms with Gasteiger partial charge in [0.05, 0.1) is 18.0 Å². The smallest absolute Gasteiger partial charge is 0.265 e. The Bertz CT molecular complexity index is 811. The van der Waals surface area contributed by atoms with Gasteiger partial charge in [-0.3, -0.25) is 9.59 Å².